The molecule has 0 spiro atoms. The lowest BCUT2D eigenvalue weighted by Gasteiger charge is -2.07. The van der Waals surface area contributed by atoms with Crippen molar-refractivity contribution in [1.29, 1.82) is 0 Å². The maximum absolute atomic E-state index is 11.5. The number of carbonyl (C=O) groups is 2. The van der Waals surface area contributed by atoms with Crippen molar-refractivity contribution in [3.05, 3.63) is 0 Å². The first kappa shape index (κ1) is 16.1. The molecule has 0 bridgehead atoms. The minimum Gasteiger partial charge on any atom is -0.464 e. The van der Waals surface area contributed by atoms with Gasteiger partial charge in [0, 0.05) is 12.8 Å². The van der Waals surface area contributed by atoms with Crippen LogP contribution in [0, 0.1) is 0 Å². The van der Waals surface area contributed by atoms with Gasteiger partial charge in [-0.05, 0) is 13.3 Å². The van der Waals surface area contributed by atoms with E-state index in [9.17, 15) is 9.59 Å². The third-order valence-corrected chi connectivity index (χ3v) is 2.86. The van der Waals surface area contributed by atoms with E-state index in [2.05, 4.69) is 11.7 Å². The number of ether oxygens (including phenoxy) is 1. The zero-order valence-electron chi connectivity index (χ0n) is 11.2. The monoisotopic (exact) mass is 242 g/mol. The summed E-state index contributed by atoms with van der Waals surface area (Å²) in [6.45, 7) is 4.37. The van der Waals surface area contributed by atoms with Gasteiger partial charge in [0.25, 0.3) is 6.47 Å². The lowest BCUT2D eigenvalue weighted by Crippen LogP contribution is -2.13. The molecule has 0 fully saturated rings. The van der Waals surface area contributed by atoms with Crippen molar-refractivity contribution in [2.45, 2.75) is 77.7 Å². The molecule has 0 N–H and O–H groups in total. The smallest absolute Gasteiger partial charge is 0.293 e. The Labute approximate surface area is 105 Å². The van der Waals surface area contributed by atoms with Crippen LogP contribution in [0.4, 0.5) is 0 Å². The van der Waals surface area contributed by atoms with Crippen LogP contribution in [0.25, 0.3) is 0 Å². The Hall–Kier alpha value is -0.860. The van der Waals surface area contributed by atoms with Gasteiger partial charge in [-0.25, -0.2) is 0 Å². The van der Waals surface area contributed by atoms with Crippen LogP contribution in [-0.4, -0.2) is 18.4 Å². The molecule has 0 aromatic carbocycles. The number of ketones is 1. The van der Waals surface area contributed by atoms with E-state index in [4.69, 9.17) is 0 Å². The molecule has 3 nitrogen and oxygen atoms in total. The van der Waals surface area contributed by atoms with E-state index in [-0.39, 0.29) is 11.9 Å². The highest BCUT2D eigenvalue weighted by atomic mass is 16.5. The third kappa shape index (κ3) is 11.4. The van der Waals surface area contributed by atoms with Crippen LogP contribution in [0.1, 0.15) is 71.6 Å². The average Bonchev–Trinajstić information content (AvgIpc) is 2.28. The van der Waals surface area contributed by atoms with Crippen LogP contribution in [0.2, 0.25) is 0 Å². The standard InChI is InChI=1S/C14H26O3/c1-3-4-5-6-7-8-9-10-14(16)11-13(2)17-12-15/h12-13H,3-11H2,1-2H3. The maximum Gasteiger partial charge on any atom is 0.293 e. The van der Waals surface area contributed by atoms with Crippen molar-refractivity contribution in [2.24, 2.45) is 0 Å². The van der Waals surface area contributed by atoms with Crippen LogP contribution in [0.15, 0.2) is 0 Å². The summed E-state index contributed by atoms with van der Waals surface area (Å²) in [5, 5.41) is 0. The van der Waals surface area contributed by atoms with Gasteiger partial charge in [-0.2, -0.15) is 0 Å². The quantitative estimate of drug-likeness (QED) is 0.387. The Morgan fingerprint density at radius 2 is 1.71 bits per heavy atom. The lowest BCUT2D eigenvalue weighted by atomic mass is 10.0. The number of hydrogen-bond acceptors (Lipinski definition) is 3. The van der Waals surface area contributed by atoms with E-state index in [0.29, 0.717) is 19.3 Å². The Bertz CT molecular complexity index is 202. The van der Waals surface area contributed by atoms with Crippen molar-refractivity contribution < 1.29 is 14.3 Å². The van der Waals surface area contributed by atoms with E-state index in [1.807, 2.05) is 0 Å². The second-order valence-corrected chi connectivity index (χ2v) is 4.66. The van der Waals surface area contributed by atoms with Crippen molar-refractivity contribution in [2.75, 3.05) is 0 Å². The number of carbonyl (C=O) groups excluding carboxylic acids is 2. The predicted octanol–water partition coefficient (Wildman–Crippen LogP) is 3.65. The topological polar surface area (TPSA) is 43.4 Å². The normalized spacial score (nSPS) is 12.1. The highest BCUT2D eigenvalue weighted by Crippen LogP contribution is 2.10. The Balaban J connectivity index is 3.30. The predicted molar refractivity (Wildman–Crippen MR) is 68.8 cm³/mol. The summed E-state index contributed by atoms with van der Waals surface area (Å²) < 4.78 is 4.68. The van der Waals surface area contributed by atoms with Gasteiger partial charge in [0.2, 0.25) is 0 Å². The van der Waals surface area contributed by atoms with E-state index < -0.39 is 0 Å². The summed E-state index contributed by atoms with van der Waals surface area (Å²) in [7, 11) is 0. The van der Waals surface area contributed by atoms with E-state index >= 15 is 0 Å². The van der Waals surface area contributed by atoms with Gasteiger partial charge in [0.05, 0.1) is 0 Å². The highest BCUT2D eigenvalue weighted by molar-refractivity contribution is 5.78. The minimum atomic E-state index is -0.274. The van der Waals surface area contributed by atoms with Crippen molar-refractivity contribution in [3.8, 4) is 0 Å². The first-order chi connectivity index (χ1) is 8.20. The first-order valence-electron chi connectivity index (χ1n) is 6.81. The SMILES string of the molecule is CCCCCCCCCC(=O)CC(C)OC=O. The zero-order valence-corrected chi connectivity index (χ0v) is 11.2. The molecule has 0 aromatic heterocycles. The maximum atomic E-state index is 11.5. The largest absolute Gasteiger partial charge is 0.464 e. The summed E-state index contributed by atoms with van der Waals surface area (Å²) in [5.41, 5.74) is 0. The molecule has 1 atom stereocenters. The highest BCUT2D eigenvalue weighted by Gasteiger charge is 2.08. The fourth-order valence-corrected chi connectivity index (χ4v) is 1.84. The van der Waals surface area contributed by atoms with E-state index in [0.717, 1.165) is 12.8 Å². The van der Waals surface area contributed by atoms with Crippen LogP contribution < -0.4 is 0 Å². The van der Waals surface area contributed by atoms with Gasteiger partial charge in [-0.1, -0.05) is 45.4 Å². The molecule has 0 radical (unpaired) electrons. The second-order valence-electron chi connectivity index (χ2n) is 4.66. The molecule has 0 aromatic rings. The molecule has 0 heterocycles. The second kappa shape index (κ2) is 11.6. The summed E-state index contributed by atoms with van der Waals surface area (Å²) in [4.78, 5) is 21.5. The van der Waals surface area contributed by atoms with Gasteiger partial charge in [0.1, 0.15) is 11.9 Å². The van der Waals surface area contributed by atoms with Gasteiger partial charge in [-0.15, -0.1) is 0 Å². The Kier molecular flexibility index (Phi) is 11.0. The molecule has 0 saturated carbocycles. The summed E-state index contributed by atoms with van der Waals surface area (Å²) in [6.07, 6.45) is 9.23. The molecule has 17 heavy (non-hydrogen) atoms. The number of Topliss-reactive ketones (excluding diaryl/α,β-unsaturated/α-hetero) is 1. The third-order valence-electron chi connectivity index (χ3n) is 2.86. The molecule has 0 aliphatic heterocycles. The van der Waals surface area contributed by atoms with Gasteiger partial charge >= 0.3 is 0 Å². The number of rotatable bonds is 12. The molecule has 3 heteroatoms. The molecule has 1 unspecified atom stereocenters. The summed E-state index contributed by atoms with van der Waals surface area (Å²) in [5.74, 6) is 0.202. The van der Waals surface area contributed by atoms with Crippen LogP contribution in [0.5, 0.6) is 0 Å². The summed E-state index contributed by atoms with van der Waals surface area (Å²) in [6, 6.07) is 0. The average molecular weight is 242 g/mol. The molecule has 0 amide bonds. The molecule has 0 rings (SSSR count). The van der Waals surface area contributed by atoms with Gasteiger partial charge in [-0.3, -0.25) is 9.59 Å². The molecule has 100 valence electrons. The Morgan fingerprint density at radius 3 is 2.29 bits per heavy atom. The molecule has 0 aliphatic carbocycles. The fourth-order valence-electron chi connectivity index (χ4n) is 1.84. The van der Waals surface area contributed by atoms with Crippen molar-refractivity contribution >= 4 is 12.3 Å². The van der Waals surface area contributed by atoms with Gasteiger partial charge in [0.15, 0.2) is 0 Å². The number of hydrogen-bond donors (Lipinski definition) is 0. The van der Waals surface area contributed by atoms with Crippen LogP contribution in [0.3, 0.4) is 0 Å². The number of unbranched alkanes of at least 4 members (excludes halogenated alkanes) is 6. The molecule has 0 aliphatic rings. The van der Waals surface area contributed by atoms with Gasteiger partial charge < -0.3 is 4.74 Å². The van der Waals surface area contributed by atoms with Crippen molar-refractivity contribution in [1.82, 2.24) is 0 Å². The van der Waals surface area contributed by atoms with Crippen molar-refractivity contribution in [3.63, 3.8) is 0 Å². The minimum absolute atomic E-state index is 0.202. The molecular weight excluding hydrogens is 216 g/mol. The first-order valence-corrected chi connectivity index (χ1v) is 6.81. The molecular formula is C14H26O3. The van der Waals surface area contributed by atoms with Crippen LogP contribution >= 0.6 is 0 Å². The zero-order chi connectivity index (χ0) is 12.9. The van der Waals surface area contributed by atoms with E-state index in [1.165, 1.54) is 32.1 Å². The fraction of sp³-hybridized carbons (Fsp3) is 0.857. The van der Waals surface area contributed by atoms with E-state index in [1.54, 1.807) is 6.92 Å². The Morgan fingerprint density at radius 1 is 1.12 bits per heavy atom. The van der Waals surface area contributed by atoms with Crippen LogP contribution in [-0.2, 0) is 14.3 Å². The summed E-state index contributed by atoms with van der Waals surface area (Å²) >= 11 is 0. The lowest BCUT2D eigenvalue weighted by molar-refractivity contribution is -0.134. The molecule has 0 saturated heterocycles.